The van der Waals surface area contributed by atoms with Crippen LogP contribution in [0, 0.1) is 11.3 Å². The number of benzene rings is 1. The summed E-state index contributed by atoms with van der Waals surface area (Å²) in [7, 11) is 0. The van der Waals surface area contributed by atoms with Crippen LogP contribution in [0.4, 0.5) is 4.79 Å². The van der Waals surface area contributed by atoms with E-state index in [0.717, 1.165) is 6.42 Å². The minimum Gasteiger partial charge on any atom is -0.493 e. The quantitative estimate of drug-likeness (QED) is 0.743. The minimum atomic E-state index is -0.249. The van der Waals surface area contributed by atoms with E-state index in [-0.39, 0.29) is 6.09 Å². The zero-order chi connectivity index (χ0) is 12.8. The van der Waals surface area contributed by atoms with Gasteiger partial charge in [0.05, 0.1) is 24.8 Å². The molecule has 5 nitrogen and oxygen atoms in total. The SMILES string of the molecule is N#Cc1cccc(OCCCN2CCOC2=O)c1. The maximum Gasteiger partial charge on any atom is 0.409 e. The number of nitrogens with zero attached hydrogens (tertiary/aromatic N) is 2. The molecule has 1 aliphatic rings. The van der Waals surface area contributed by atoms with Gasteiger partial charge in [-0.1, -0.05) is 6.07 Å². The van der Waals surface area contributed by atoms with Crippen LogP contribution in [0.25, 0.3) is 0 Å². The molecule has 0 aliphatic carbocycles. The molecule has 1 saturated heterocycles. The zero-order valence-electron chi connectivity index (χ0n) is 9.96. The molecule has 0 saturated carbocycles. The Morgan fingerprint density at radius 1 is 1.50 bits per heavy atom. The van der Waals surface area contributed by atoms with Gasteiger partial charge in [0, 0.05) is 6.54 Å². The van der Waals surface area contributed by atoms with E-state index in [1.54, 1.807) is 23.1 Å². The van der Waals surface area contributed by atoms with E-state index in [1.165, 1.54) is 0 Å². The van der Waals surface area contributed by atoms with Gasteiger partial charge in [0.25, 0.3) is 0 Å². The van der Waals surface area contributed by atoms with Gasteiger partial charge in [0.2, 0.25) is 0 Å². The third kappa shape index (κ3) is 3.14. The fourth-order valence-corrected chi connectivity index (χ4v) is 1.73. The van der Waals surface area contributed by atoms with Crippen LogP contribution < -0.4 is 4.74 Å². The molecule has 5 heteroatoms. The average molecular weight is 246 g/mol. The normalized spacial score (nSPS) is 14.2. The number of hydrogen-bond donors (Lipinski definition) is 0. The van der Waals surface area contributed by atoms with Crippen molar-refractivity contribution in [3.05, 3.63) is 29.8 Å². The summed E-state index contributed by atoms with van der Waals surface area (Å²) in [6.07, 6.45) is 0.493. The van der Waals surface area contributed by atoms with Crippen LogP contribution in [0.2, 0.25) is 0 Å². The predicted octanol–water partition coefficient (Wildman–Crippen LogP) is 1.78. The maximum atomic E-state index is 11.1. The summed E-state index contributed by atoms with van der Waals surface area (Å²) < 4.78 is 10.3. The topological polar surface area (TPSA) is 62.6 Å². The Morgan fingerprint density at radius 2 is 2.39 bits per heavy atom. The highest BCUT2D eigenvalue weighted by atomic mass is 16.6. The van der Waals surface area contributed by atoms with Crippen LogP contribution in [-0.4, -0.2) is 37.3 Å². The molecular formula is C13H14N2O3. The molecule has 0 bridgehead atoms. The second-order valence-electron chi connectivity index (χ2n) is 3.94. The molecule has 18 heavy (non-hydrogen) atoms. The summed E-state index contributed by atoms with van der Waals surface area (Å²) in [5, 5.41) is 8.74. The first-order valence-electron chi connectivity index (χ1n) is 5.84. The third-order valence-electron chi connectivity index (χ3n) is 2.65. The van der Waals surface area contributed by atoms with Gasteiger partial charge in [-0.2, -0.15) is 5.26 Å². The Balaban J connectivity index is 1.72. The Hall–Kier alpha value is -2.22. The predicted molar refractivity (Wildman–Crippen MR) is 64.2 cm³/mol. The standard InChI is InChI=1S/C13H14N2O3/c14-10-11-3-1-4-12(9-11)17-7-2-5-15-6-8-18-13(15)16/h1,3-4,9H,2,5-8H2. The summed E-state index contributed by atoms with van der Waals surface area (Å²) in [6.45, 7) is 2.28. The summed E-state index contributed by atoms with van der Waals surface area (Å²) in [4.78, 5) is 12.8. The van der Waals surface area contributed by atoms with Crippen LogP contribution in [0.3, 0.4) is 0 Å². The Morgan fingerprint density at radius 3 is 3.11 bits per heavy atom. The molecule has 1 fully saturated rings. The Kier molecular flexibility index (Phi) is 4.02. The summed E-state index contributed by atoms with van der Waals surface area (Å²) >= 11 is 0. The van der Waals surface area contributed by atoms with E-state index in [4.69, 9.17) is 14.7 Å². The van der Waals surface area contributed by atoms with Gasteiger partial charge in [0.15, 0.2) is 0 Å². The smallest absolute Gasteiger partial charge is 0.409 e. The summed E-state index contributed by atoms with van der Waals surface area (Å²) in [5.41, 5.74) is 0.579. The molecule has 0 spiro atoms. The van der Waals surface area contributed by atoms with E-state index in [2.05, 4.69) is 6.07 Å². The van der Waals surface area contributed by atoms with Crippen LogP contribution in [0.5, 0.6) is 5.75 Å². The monoisotopic (exact) mass is 246 g/mol. The van der Waals surface area contributed by atoms with Crippen molar-refractivity contribution in [3.8, 4) is 11.8 Å². The van der Waals surface area contributed by atoms with E-state index >= 15 is 0 Å². The number of nitriles is 1. The van der Waals surface area contributed by atoms with Crippen molar-refractivity contribution in [1.29, 1.82) is 5.26 Å². The van der Waals surface area contributed by atoms with E-state index in [0.29, 0.717) is 37.6 Å². The largest absolute Gasteiger partial charge is 0.493 e. The van der Waals surface area contributed by atoms with E-state index < -0.39 is 0 Å². The Labute approximate surface area is 106 Å². The molecule has 1 heterocycles. The lowest BCUT2D eigenvalue weighted by molar-refractivity contribution is 0.156. The highest BCUT2D eigenvalue weighted by Crippen LogP contribution is 2.13. The maximum absolute atomic E-state index is 11.1. The molecule has 1 amide bonds. The van der Waals surface area contributed by atoms with Crippen LogP contribution in [0.15, 0.2) is 24.3 Å². The van der Waals surface area contributed by atoms with Crippen LogP contribution in [-0.2, 0) is 4.74 Å². The number of ether oxygens (including phenoxy) is 2. The molecule has 1 aliphatic heterocycles. The lowest BCUT2D eigenvalue weighted by Gasteiger charge is -2.12. The number of hydrogen-bond acceptors (Lipinski definition) is 4. The van der Waals surface area contributed by atoms with Gasteiger partial charge in [-0.25, -0.2) is 4.79 Å². The molecule has 0 N–H and O–H groups in total. The second-order valence-corrected chi connectivity index (χ2v) is 3.94. The lowest BCUT2D eigenvalue weighted by atomic mass is 10.2. The highest BCUT2D eigenvalue weighted by molar-refractivity contribution is 5.69. The lowest BCUT2D eigenvalue weighted by Crippen LogP contribution is -2.26. The second kappa shape index (κ2) is 5.92. The number of cyclic esters (lactones) is 1. The van der Waals surface area contributed by atoms with Gasteiger partial charge in [0.1, 0.15) is 12.4 Å². The van der Waals surface area contributed by atoms with Crippen molar-refractivity contribution in [2.24, 2.45) is 0 Å². The van der Waals surface area contributed by atoms with Crippen molar-refractivity contribution in [2.45, 2.75) is 6.42 Å². The molecule has 2 rings (SSSR count). The number of rotatable bonds is 5. The first-order chi connectivity index (χ1) is 8.79. The molecule has 1 aromatic carbocycles. The summed E-state index contributed by atoms with van der Waals surface area (Å²) in [6, 6.07) is 9.08. The first kappa shape index (κ1) is 12.2. The van der Waals surface area contributed by atoms with Crippen molar-refractivity contribution >= 4 is 6.09 Å². The fourth-order valence-electron chi connectivity index (χ4n) is 1.73. The molecule has 0 radical (unpaired) electrons. The van der Waals surface area contributed by atoms with Gasteiger partial charge in [-0.15, -0.1) is 0 Å². The number of carbonyl (C=O) groups excluding carboxylic acids is 1. The molecule has 1 aromatic rings. The summed E-state index contributed by atoms with van der Waals surface area (Å²) in [5.74, 6) is 0.679. The number of amides is 1. The molecule has 94 valence electrons. The van der Waals surface area contributed by atoms with Gasteiger partial charge in [-0.05, 0) is 24.6 Å². The van der Waals surface area contributed by atoms with E-state index in [9.17, 15) is 4.79 Å². The molecule has 0 unspecified atom stereocenters. The van der Waals surface area contributed by atoms with Crippen LogP contribution in [0.1, 0.15) is 12.0 Å². The van der Waals surface area contributed by atoms with Crippen molar-refractivity contribution < 1.29 is 14.3 Å². The third-order valence-corrected chi connectivity index (χ3v) is 2.65. The van der Waals surface area contributed by atoms with E-state index in [1.807, 2.05) is 6.07 Å². The minimum absolute atomic E-state index is 0.249. The van der Waals surface area contributed by atoms with Crippen molar-refractivity contribution in [3.63, 3.8) is 0 Å². The molecule has 0 aromatic heterocycles. The van der Waals surface area contributed by atoms with Crippen LogP contribution >= 0.6 is 0 Å². The zero-order valence-corrected chi connectivity index (χ0v) is 9.96. The first-order valence-corrected chi connectivity index (χ1v) is 5.84. The van der Waals surface area contributed by atoms with Crippen molar-refractivity contribution in [1.82, 2.24) is 4.90 Å². The van der Waals surface area contributed by atoms with Gasteiger partial charge >= 0.3 is 6.09 Å². The molecular weight excluding hydrogens is 232 g/mol. The average Bonchev–Trinajstić information content (AvgIpc) is 2.81. The Bertz CT molecular complexity index is 468. The van der Waals surface area contributed by atoms with Gasteiger partial charge in [-0.3, -0.25) is 0 Å². The highest BCUT2D eigenvalue weighted by Gasteiger charge is 2.20. The fraction of sp³-hybridized carbons (Fsp3) is 0.385. The van der Waals surface area contributed by atoms with Gasteiger partial charge < -0.3 is 14.4 Å². The molecule has 0 atom stereocenters. The number of carbonyl (C=O) groups is 1. The van der Waals surface area contributed by atoms with Crippen molar-refractivity contribution in [2.75, 3.05) is 26.3 Å².